The molecule has 0 aromatic heterocycles. The number of nitrogens with zero attached hydrogens (tertiary/aromatic N) is 2. The summed E-state index contributed by atoms with van der Waals surface area (Å²) in [6.07, 6.45) is 1.78. The van der Waals surface area contributed by atoms with Gasteiger partial charge in [-0.15, -0.1) is 6.58 Å². The van der Waals surface area contributed by atoms with Gasteiger partial charge in [-0.05, 0) is 12.5 Å². The molecule has 1 aromatic rings. The molecule has 1 aliphatic rings. The summed E-state index contributed by atoms with van der Waals surface area (Å²) in [7, 11) is 3.11. The Kier molecular flexibility index (Phi) is 7.36. The second kappa shape index (κ2) is 9.72. The Morgan fingerprint density at radius 3 is 2.78 bits per heavy atom. The minimum atomic E-state index is -0.357. The fraction of sp³-hybridized carbons (Fsp3) is 0.421. The quantitative estimate of drug-likeness (QED) is 0.754. The summed E-state index contributed by atoms with van der Waals surface area (Å²) in [6, 6.07) is 6.97. The van der Waals surface area contributed by atoms with Crippen LogP contribution >= 0.6 is 0 Å². The third-order valence-corrected chi connectivity index (χ3v) is 4.41. The Morgan fingerprint density at radius 1 is 1.37 bits per heavy atom. The fourth-order valence-corrected chi connectivity index (χ4v) is 2.98. The molecule has 0 bridgehead atoms. The van der Waals surface area contributed by atoms with Crippen LogP contribution in [0.3, 0.4) is 0 Å². The number of hydrogen-bond donors (Lipinski definition) is 2. The normalized spacial score (nSPS) is 17.3. The molecule has 1 aliphatic heterocycles. The van der Waals surface area contributed by atoms with Gasteiger partial charge in [-0.2, -0.15) is 0 Å². The SMILES string of the molecule is C=CCNC(=O)N1CCC(OC)c2ccccc2N(CC(=O)NC)C(=O)C1. The van der Waals surface area contributed by atoms with Gasteiger partial charge >= 0.3 is 6.03 Å². The van der Waals surface area contributed by atoms with Crippen LogP contribution in [0.2, 0.25) is 0 Å². The van der Waals surface area contributed by atoms with Gasteiger partial charge < -0.3 is 25.2 Å². The molecule has 2 rings (SSSR count). The lowest BCUT2D eigenvalue weighted by Crippen LogP contribution is -2.48. The molecule has 146 valence electrons. The predicted molar refractivity (Wildman–Crippen MR) is 102 cm³/mol. The second-order valence-electron chi connectivity index (χ2n) is 6.12. The van der Waals surface area contributed by atoms with Crippen molar-refractivity contribution in [2.75, 3.05) is 45.2 Å². The van der Waals surface area contributed by atoms with E-state index in [4.69, 9.17) is 4.74 Å². The summed E-state index contributed by atoms with van der Waals surface area (Å²) in [5.41, 5.74) is 1.43. The van der Waals surface area contributed by atoms with Gasteiger partial charge in [-0.25, -0.2) is 4.79 Å². The molecule has 0 aliphatic carbocycles. The monoisotopic (exact) mass is 374 g/mol. The summed E-state index contributed by atoms with van der Waals surface area (Å²) in [5, 5.41) is 5.22. The number of amides is 4. The largest absolute Gasteiger partial charge is 0.377 e. The molecule has 1 unspecified atom stereocenters. The highest BCUT2D eigenvalue weighted by atomic mass is 16.5. The van der Waals surface area contributed by atoms with Crippen LogP contribution in [0.5, 0.6) is 0 Å². The molecule has 2 N–H and O–H groups in total. The molecule has 0 spiro atoms. The number of nitrogens with one attached hydrogen (secondary N) is 2. The van der Waals surface area contributed by atoms with Crippen molar-refractivity contribution in [2.24, 2.45) is 0 Å². The van der Waals surface area contributed by atoms with Crippen molar-refractivity contribution in [2.45, 2.75) is 12.5 Å². The van der Waals surface area contributed by atoms with E-state index < -0.39 is 0 Å². The highest BCUT2D eigenvalue weighted by molar-refractivity contribution is 6.01. The van der Waals surface area contributed by atoms with Crippen LogP contribution < -0.4 is 15.5 Å². The minimum absolute atomic E-state index is 0.134. The first-order chi connectivity index (χ1) is 13.0. The molecule has 0 fully saturated rings. The van der Waals surface area contributed by atoms with E-state index in [2.05, 4.69) is 17.2 Å². The van der Waals surface area contributed by atoms with Gasteiger partial charge in [0.25, 0.3) is 0 Å². The molecule has 27 heavy (non-hydrogen) atoms. The number of urea groups is 1. The summed E-state index contributed by atoms with van der Waals surface area (Å²) in [4.78, 5) is 40.2. The Labute approximate surface area is 159 Å². The average molecular weight is 374 g/mol. The summed E-state index contributed by atoms with van der Waals surface area (Å²) >= 11 is 0. The lowest BCUT2D eigenvalue weighted by Gasteiger charge is -2.26. The summed E-state index contributed by atoms with van der Waals surface area (Å²) in [6.45, 7) is 3.95. The first kappa shape index (κ1) is 20.4. The van der Waals surface area contributed by atoms with E-state index >= 15 is 0 Å². The molecule has 8 heteroatoms. The second-order valence-corrected chi connectivity index (χ2v) is 6.12. The number of anilines is 1. The zero-order valence-electron chi connectivity index (χ0n) is 15.7. The van der Waals surface area contributed by atoms with Crippen molar-refractivity contribution < 1.29 is 19.1 Å². The molecular formula is C19H26N4O4. The third-order valence-electron chi connectivity index (χ3n) is 4.41. The van der Waals surface area contributed by atoms with Crippen LogP contribution in [0.1, 0.15) is 18.1 Å². The highest BCUT2D eigenvalue weighted by Crippen LogP contribution is 2.32. The molecule has 1 aromatic carbocycles. The minimum Gasteiger partial charge on any atom is -0.377 e. The van der Waals surface area contributed by atoms with Gasteiger partial charge in [0, 0.05) is 32.8 Å². The van der Waals surface area contributed by atoms with Crippen LogP contribution in [0, 0.1) is 0 Å². The maximum Gasteiger partial charge on any atom is 0.318 e. The van der Waals surface area contributed by atoms with E-state index in [0.717, 1.165) is 5.56 Å². The van der Waals surface area contributed by atoms with Crippen LogP contribution in [-0.4, -0.2) is 63.1 Å². The molecule has 4 amide bonds. The summed E-state index contributed by atoms with van der Waals surface area (Å²) < 4.78 is 5.62. The van der Waals surface area contributed by atoms with Crippen LogP contribution in [0.4, 0.5) is 10.5 Å². The maximum absolute atomic E-state index is 13.0. The van der Waals surface area contributed by atoms with Crippen molar-refractivity contribution in [3.8, 4) is 0 Å². The van der Waals surface area contributed by atoms with Gasteiger partial charge in [-0.3, -0.25) is 9.59 Å². The molecule has 0 radical (unpaired) electrons. The number of methoxy groups -OCH3 is 1. The highest BCUT2D eigenvalue weighted by Gasteiger charge is 2.30. The zero-order chi connectivity index (χ0) is 19.8. The number of carbonyl (C=O) groups is 3. The van der Waals surface area contributed by atoms with Crippen molar-refractivity contribution in [1.29, 1.82) is 0 Å². The molecule has 8 nitrogen and oxygen atoms in total. The molecule has 1 atom stereocenters. The van der Waals surface area contributed by atoms with Gasteiger partial charge in [-0.1, -0.05) is 24.3 Å². The number of ether oxygens (including phenoxy) is 1. The first-order valence-corrected chi connectivity index (χ1v) is 8.78. The number of rotatable bonds is 5. The van der Waals surface area contributed by atoms with E-state index in [1.165, 1.54) is 16.8 Å². The van der Waals surface area contributed by atoms with Gasteiger partial charge in [0.1, 0.15) is 13.1 Å². The Balaban J connectivity index is 2.41. The Bertz CT molecular complexity index is 707. The number of fused-ring (bicyclic) bond motifs is 1. The van der Waals surface area contributed by atoms with Crippen molar-refractivity contribution >= 4 is 23.5 Å². The predicted octanol–water partition coefficient (Wildman–Crippen LogP) is 1.05. The van der Waals surface area contributed by atoms with E-state index in [-0.39, 0.29) is 37.0 Å². The standard InChI is InChI=1S/C19H26N4O4/c1-4-10-21-19(26)22-11-9-16(27-3)14-7-5-6-8-15(14)23(18(25)13-22)12-17(24)20-2/h4-8,16H,1,9-13H2,2-3H3,(H,20,24)(H,21,26). The number of likely N-dealkylation sites (N-methyl/N-ethyl adjacent to an activating group) is 1. The van der Waals surface area contributed by atoms with Gasteiger partial charge in [0.2, 0.25) is 11.8 Å². The molecule has 1 heterocycles. The molecule has 0 saturated carbocycles. The Morgan fingerprint density at radius 2 is 2.11 bits per heavy atom. The number of carbonyl (C=O) groups excluding carboxylic acids is 3. The maximum atomic E-state index is 13.0. The lowest BCUT2D eigenvalue weighted by molar-refractivity contribution is -0.123. The number of benzene rings is 1. The smallest absolute Gasteiger partial charge is 0.318 e. The Hall–Kier alpha value is -2.87. The van der Waals surface area contributed by atoms with E-state index in [1.807, 2.05) is 18.2 Å². The van der Waals surface area contributed by atoms with E-state index in [9.17, 15) is 14.4 Å². The zero-order valence-corrected chi connectivity index (χ0v) is 15.7. The lowest BCUT2D eigenvalue weighted by atomic mass is 10.0. The number of hydrogen-bond acceptors (Lipinski definition) is 4. The van der Waals surface area contributed by atoms with Crippen molar-refractivity contribution in [1.82, 2.24) is 15.5 Å². The third kappa shape index (κ3) is 5.07. The summed E-state index contributed by atoms with van der Waals surface area (Å²) in [5.74, 6) is -0.634. The van der Waals surface area contributed by atoms with Crippen LogP contribution in [0.25, 0.3) is 0 Å². The van der Waals surface area contributed by atoms with Crippen molar-refractivity contribution in [3.63, 3.8) is 0 Å². The van der Waals surface area contributed by atoms with Gasteiger partial charge in [0.15, 0.2) is 0 Å². The molecular weight excluding hydrogens is 348 g/mol. The topological polar surface area (TPSA) is 91.0 Å². The van der Waals surface area contributed by atoms with Gasteiger partial charge in [0.05, 0.1) is 11.8 Å². The molecule has 0 saturated heterocycles. The first-order valence-electron chi connectivity index (χ1n) is 8.78. The van der Waals surface area contributed by atoms with E-state index in [0.29, 0.717) is 25.2 Å². The fourth-order valence-electron chi connectivity index (χ4n) is 2.98. The number of para-hydroxylation sites is 1. The van der Waals surface area contributed by atoms with E-state index in [1.54, 1.807) is 19.3 Å². The average Bonchev–Trinajstić information content (AvgIpc) is 2.74. The van der Waals surface area contributed by atoms with Crippen LogP contribution in [0.15, 0.2) is 36.9 Å². The van der Waals surface area contributed by atoms with Crippen LogP contribution in [-0.2, 0) is 14.3 Å². The van der Waals surface area contributed by atoms with Crippen molar-refractivity contribution in [3.05, 3.63) is 42.5 Å².